The number of hydrogen-bond acceptors (Lipinski definition) is 4. The minimum atomic E-state index is -3.32. The molecular weight excluding hydrogens is 414 g/mol. The van der Waals surface area contributed by atoms with E-state index in [2.05, 4.69) is 5.32 Å². The fourth-order valence-electron chi connectivity index (χ4n) is 4.13. The zero-order valence-electron chi connectivity index (χ0n) is 16.5. The largest absolute Gasteiger partial charge is 0.354 e. The van der Waals surface area contributed by atoms with Crippen LogP contribution in [-0.4, -0.2) is 73.8 Å². The van der Waals surface area contributed by atoms with Gasteiger partial charge in [-0.15, -0.1) is 11.6 Å². The Morgan fingerprint density at radius 3 is 2.38 bits per heavy atom. The number of halogens is 1. The third kappa shape index (κ3) is 5.29. The van der Waals surface area contributed by atoms with E-state index in [0.29, 0.717) is 45.4 Å². The number of carbonyl (C=O) groups excluding carboxylic acids is 2. The zero-order chi connectivity index (χ0) is 20.9. The van der Waals surface area contributed by atoms with Gasteiger partial charge in [0.25, 0.3) is 0 Å². The fraction of sp³-hybridized carbons (Fsp3) is 0.600. The molecule has 0 spiro atoms. The SMILES string of the molecule is O=C(CCl)NCC1(c2ccccc2)CCN(C(=O)CN2CCCCS2(=O)=O)CC1. The summed E-state index contributed by atoms with van der Waals surface area (Å²) in [7, 11) is -3.32. The Kier molecular flexibility index (Phi) is 7.19. The van der Waals surface area contributed by atoms with Gasteiger partial charge in [0, 0.05) is 31.6 Å². The summed E-state index contributed by atoms with van der Waals surface area (Å²) in [5.41, 5.74) is 0.859. The van der Waals surface area contributed by atoms with E-state index in [1.54, 1.807) is 4.90 Å². The molecule has 9 heteroatoms. The second-order valence-corrected chi connectivity index (χ2v) is 10.1. The number of rotatable bonds is 6. The van der Waals surface area contributed by atoms with Crippen LogP contribution in [0.2, 0.25) is 0 Å². The summed E-state index contributed by atoms with van der Waals surface area (Å²) in [5, 5.41) is 2.90. The molecule has 160 valence electrons. The van der Waals surface area contributed by atoms with Crippen molar-refractivity contribution in [2.24, 2.45) is 0 Å². The van der Waals surface area contributed by atoms with Crippen LogP contribution in [0.3, 0.4) is 0 Å². The number of amides is 2. The molecule has 1 aromatic carbocycles. The highest BCUT2D eigenvalue weighted by Gasteiger charge is 2.38. The van der Waals surface area contributed by atoms with E-state index in [1.807, 2.05) is 30.3 Å². The molecule has 1 N–H and O–H groups in total. The number of piperidine rings is 1. The van der Waals surface area contributed by atoms with Crippen LogP contribution >= 0.6 is 11.6 Å². The molecule has 7 nitrogen and oxygen atoms in total. The second kappa shape index (κ2) is 9.45. The van der Waals surface area contributed by atoms with Gasteiger partial charge in [0.05, 0.1) is 12.3 Å². The lowest BCUT2D eigenvalue weighted by Gasteiger charge is -2.43. The molecule has 0 saturated carbocycles. The van der Waals surface area contributed by atoms with Gasteiger partial charge in [-0.25, -0.2) is 8.42 Å². The molecule has 0 aliphatic carbocycles. The number of alkyl halides is 1. The molecule has 2 aliphatic heterocycles. The lowest BCUT2D eigenvalue weighted by molar-refractivity contribution is -0.133. The lowest BCUT2D eigenvalue weighted by atomic mass is 9.72. The van der Waals surface area contributed by atoms with E-state index >= 15 is 0 Å². The third-order valence-electron chi connectivity index (χ3n) is 5.97. The lowest BCUT2D eigenvalue weighted by Crippen LogP contribution is -2.53. The van der Waals surface area contributed by atoms with Gasteiger partial charge < -0.3 is 10.2 Å². The molecule has 2 amide bonds. The Labute approximate surface area is 177 Å². The minimum Gasteiger partial charge on any atom is -0.354 e. The molecule has 2 saturated heterocycles. The number of carbonyl (C=O) groups is 2. The molecule has 2 heterocycles. The molecule has 2 aliphatic rings. The van der Waals surface area contributed by atoms with E-state index in [4.69, 9.17) is 11.6 Å². The maximum absolute atomic E-state index is 12.7. The van der Waals surface area contributed by atoms with E-state index in [1.165, 1.54) is 4.31 Å². The summed E-state index contributed by atoms with van der Waals surface area (Å²) >= 11 is 5.62. The van der Waals surface area contributed by atoms with Crippen molar-refractivity contribution >= 4 is 33.4 Å². The molecular formula is C20H28ClN3O4S. The summed E-state index contributed by atoms with van der Waals surface area (Å²) in [6.07, 6.45) is 2.84. The van der Waals surface area contributed by atoms with Crippen molar-refractivity contribution in [1.82, 2.24) is 14.5 Å². The molecule has 0 atom stereocenters. The summed E-state index contributed by atoms with van der Waals surface area (Å²) in [4.78, 5) is 26.2. The highest BCUT2D eigenvalue weighted by Crippen LogP contribution is 2.35. The highest BCUT2D eigenvalue weighted by molar-refractivity contribution is 7.89. The predicted octanol–water partition coefficient (Wildman–Crippen LogP) is 1.33. The van der Waals surface area contributed by atoms with Gasteiger partial charge in [0.15, 0.2) is 0 Å². The molecule has 29 heavy (non-hydrogen) atoms. The smallest absolute Gasteiger partial charge is 0.237 e. The topological polar surface area (TPSA) is 86.8 Å². The van der Waals surface area contributed by atoms with Crippen LogP contribution < -0.4 is 5.32 Å². The average Bonchev–Trinajstić information content (AvgIpc) is 2.74. The quantitative estimate of drug-likeness (QED) is 0.674. The van der Waals surface area contributed by atoms with Gasteiger partial charge in [0.1, 0.15) is 5.88 Å². The second-order valence-electron chi connectivity index (χ2n) is 7.79. The summed E-state index contributed by atoms with van der Waals surface area (Å²) < 4.78 is 25.7. The third-order valence-corrected chi connectivity index (χ3v) is 8.12. The van der Waals surface area contributed by atoms with Crippen LogP contribution in [0.4, 0.5) is 0 Å². The van der Waals surface area contributed by atoms with Crippen molar-refractivity contribution in [1.29, 1.82) is 0 Å². The van der Waals surface area contributed by atoms with Crippen molar-refractivity contribution in [2.45, 2.75) is 31.1 Å². The maximum atomic E-state index is 12.7. The van der Waals surface area contributed by atoms with Gasteiger partial charge in [-0.1, -0.05) is 30.3 Å². The average molecular weight is 442 g/mol. The van der Waals surface area contributed by atoms with Crippen LogP contribution in [-0.2, 0) is 25.0 Å². The summed E-state index contributed by atoms with van der Waals surface area (Å²) in [6, 6.07) is 9.99. The fourth-order valence-corrected chi connectivity index (χ4v) is 5.76. The highest BCUT2D eigenvalue weighted by atomic mass is 35.5. The summed E-state index contributed by atoms with van der Waals surface area (Å²) in [6.45, 7) is 1.85. The number of nitrogens with zero attached hydrogens (tertiary/aromatic N) is 2. The van der Waals surface area contributed by atoms with Crippen LogP contribution in [0.5, 0.6) is 0 Å². The number of benzene rings is 1. The first kappa shape index (κ1) is 22.1. The molecule has 0 radical (unpaired) electrons. The Balaban J connectivity index is 1.66. The van der Waals surface area contributed by atoms with Gasteiger partial charge in [-0.3, -0.25) is 9.59 Å². The zero-order valence-corrected chi connectivity index (χ0v) is 18.1. The first-order chi connectivity index (χ1) is 13.9. The van der Waals surface area contributed by atoms with Crippen LogP contribution in [0.25, 0.3) is 0 Å². The van der Waals surface area contributed by atoms with Crippen molar-refractivity contribution < 1.29 is 18.0 Å². The number of sulfonamides is 1. The van der Waals surface area contributed by atoms with Crippen molar-refractivity contribution in [2.75, 3.05) is 44.4 Å². The van der Waals surface area contributed by atoms with Gasteiger partial charge in [-0.2, -0.15) is 4.31 Å². The predicted molar refractivity (Wildman–Crippen MR) is 112 cm³/mol. The van der Waals surface area contributed by atoms with Gasteiger partial charge in [-0.05, 0) is 31.2 Å². The van der Waals surface area contributed by atoms with Crippen LogP contribution in [0.1, 0.15) is 31.2 Å². The first-order valence-corrected chi connectivity index (χ1v) is 12.1. The normalized spacial score (nSPS) is 21.5. The number of nitrogens with one attached hydrogen (secondary N) is 1. The maximum Gasteiger partial charge on any atom is 0.237 e. The van der Waals surface area contributed by atoms with Gasteiger partial charge >= 0.3 is 0 Å². The Morgan fingerprint density at radius 1 is 1.07 bits per heavy atom. The molecule has 2 fully saturated rings. The minimum absolute atomic E-state index is 0.0797. The Bertz CT molecular complexity index is 823. The Hall–Kier alpha value is -1.64. The summed E-state index contributed by atoms with van der Waals surface area (Å²) in [5.74, 6) is -0.324. The molecule has 0 aromatic heterocycles. The first-order valence-electron chi connectivity index (χ1n) is 10.0. The van der Waals surface area contributed by atoms with Crippen molar-refractivity contribution in [3.05, 3.63) is 35.9 Å². The van der Waals surface area contributed by atoms with E-state index in [9.17, 15) is 18.0 Å². The van der Waals surface area contributed by atoms with Crippen molar-refractivity contribution in [3.63, 3.8) is 0 Å². The molecule has 0 bridgehead atoms. The standard InChI is InChI=1S/C20H28ClN3O4S/c21-14-18(25)22-16-20(17-6-2-1-3-7-17)8-11-23(12-9-20)19(26)15-24-10-4-5-13-29(24,27)28/h1-3,6-7H,4-5,8-16H2,(H,22,25). The van der Waals surface area contributed by atoms with Crippen molar-refractivity contribution in [3.8, 4) is 0 Å². The van der Waals surface area contributed by atoms with Crippen LogP contribution in [0, 0.1) is 0 Å². The van der Waals surface area contributed by atoms with Gasteiger partial charge in [0.2, 0.25) is 21.8 Å². The molecule has 1 aromatic rings. The van der Waals surface area contributed by atoms with E-state index in [0.717, 1.165) is 12.0 Å². The van der Waals surface area contributed by atoms with E-state index < -0.39 is 10.0 Å². The van der Waals surface area contributed by atoms with E-state index in [-0.39, 0.29) is 35.4 Å². The Morgan fingerprint density at radius 2 is 1.76 bits per heavy atom. The number of hydrogen-bond donors (Lipinski definition) is 1. The monoisotopic (exact) mass is 441 g/mol. The van der Waals surface area contributed by atoms with Crippen LogP contribution in [0.15, 0.2) is 30.3 Å². The molecule has 0 unspecified atom stereocenters. The number of likely N-dealkylation sites (tertiary alicyclic amines) is 1. The molecule has 3 rings (SSSR count).